The first-order valence-corrected chi connectivity index (χ1v) is 9.40. The first-order valence-electron chi connectivity index (χ1n) is 9.40. The number of nitrogens with one attached hydrogen (secondary N) is 1. The molecular weight excluding hydrogens is 372 g/mol. The van der Waals surface area contributed by atoms with Gasteiger partial charge in [-0.15, -0.1) is 0 Å². The highest BCUT2D eigenvalue weighted by molar-refractivity contribution is 5.98. The molecule has 1 atom stereocenters. The second kappa shape index (κ2) is 10.8. The van der Waals surface area contributed by atoms with Gasteiger partial charge in [-0.25, -0.2) is 0 Å². The first-order chi connectivity index (χ1) is 13.9. The zero-order valence-electron chi connectivity index (χ0n) is 16.9. The molecule has 2 rings (SSSR count). The molecule has 0 saturated carbocycles. The van der Waals surface area contributed by atoms with Crippen molar-refractivity contribution in [3.05, 3.63) is 65.7 Å². The summed E-state index contributed by atoms with van der Waals surface area (Å²) in [6.45, 7) is 3.81. The third-order valence-corrected chi connectivity index (χ3v) is 4.12. The van der Waals surface area contributed by atoms with Gasteiger partial charge in [0.2, 0.25) is 0 Å². The Bertz CT molecular complexity index is 838. The van der Waals surface area contributed by atoms with Crippen LogP contribution < -0.4 is 10.1 Å². The number of hydrogen-bond donors (Lipinski definition) is 1. The second-order valence-electron chi connectivity index (χ2n) is 6.42. The normalized spacial score (nSPS) is 11.3. The van der Waals surface area contributed by atoms with E-state index in [4.69, 9.17) is 9.47 Å². The van der Waals surface area contributed by atoms with Crippen LogP contribution in [0.3, 0.4) is 0 Å². The van der Waals surface area contributed by atoms with Crippen molar-refractivity contribution in [1.29, 1.82) is 0 Å². The van der Waals surface area contributed by atoms with Gasteiger partial charge >= 0.3 is 5.97 Å². The molecule has 0 aliphatic carbocycles. The third-order valence-electron chi connectivity index (χ3n) is 4.12. The van der Waals surface area contributed by atoms with Crippen molar-refractivity contribution >= 4 is 17.8 Å². The van der Waals surface area contributed by atoms with Crippen LogP contribution in [0.25, 0.3) is 0 Å². The monoisotopic (exact) mass is 398 g/mol. The molecule has 0 heterocycles. The molecule has 154 valence electrons. The molecule has 0 bridgehead atoms. The van der Waals surface area contributed by atoms with E-state index in [9.17, 15) is 14.4 Å². The molecule has 7 nitrogen and oxygen atoms in total. The number of ether oxygens (including phenoxy) is 2. The van der Waals surface area contributed by atoms with Crippen LogP contribution in [0.5, 0.6) is 5.75 Å². The summed E-state index contributed by atoms with van der Waals surface area (Å²) in [6, 6.07) is 16.3. The molecule has 0 aliphatic heterocycles. The van der Waals surface area contributed by atoms with E-state index in [0.717, 1.165) is 5.56 Å². The number of hydrogen-bond acceptors (Lipinski definition) is 5. The molecule has 0 unspecified atom stereocenters. The molecule has 0 fully saturated rings. The topological polar surface area (TPSA) is 84.9 Å². The van der Waals surface area contributed by atoms with Gasteiger partial charge in [-0.2, -0.15) is 0 Å². The molecule has 2 aromatic rings. The Morgan fingerprint density at radius 1 is 1.03 bits per heavy atom. The number of rotatable bonds is 9. The Labute approximate surface area is 170 Å². The second-order valence-corrected chi connectivity index (χ2v) is 6.42. The molecule has 0 aliphatic rings. The summed E-state index contributed by atoms with van der Waals surface area (Å²) in [5.41, 5.74) is 1.30. The third kappa shape index (κ3) is 6.64. The molecule has 7 heteroatoms. The SMILES string of the molecule is CCOc1ccccc1C(=O)NCC(=O)O[C@H](C)C(=O)N(C)Cc1ccccc1. The van der Waals surface area contributed by atoms with Crippen molar-refractivity contribution in [2.24, 2.45) is 0 Å². The van der Waals surface area contributed by atoms with Crippen molar-refractivity contribution in [2.75, 3.05) is 20.2 Å². The highest BCUT2D eigenvalue weighted by atomic mass is 16.5. The van der Waals surface area contributed by atoms with Gasteiger partial charge in [-0.05, 0) is 31.5 Å². The largest absolute Gasteiger partial charge is 0.493 e. The zero-order chi connectivity index (χ0) is 21.2. The number of likely N-dealkylation sites (N-methyl/N-ethyl adjacent to an activating group) is 1. The summed E-state index contributed by atoms with van der Waals surface area (Å²) in [5, 5.41) is 2.49. The Morgan fingerprint density at radius 3 is 2.38 bits per heavy atom. The summed E-state index contributed by atoms with van der Waals surface area (Å²) < 4.78 is 10.6. The van der Waals surface area contributed by atoms with Gasteiger partial charge in [0.1, 0.15) is 12.3 Å². The Hall–Kier alpha value is -3.35. The van der Waals surface area contributed by atoms with Crippen molar-refractivity contribution in [2.45, 2.75) is 26.5 Å². The molecule has 2 aromatic carbocycles. The minimum atomic E-state index is -0.955. The number of benzene rings is 2. The lowest BCUT2D eigenvalue weighted by molar-refractivity contribution is -0.157. The van der Waals surface area contributed by atoms with Crippen LogP contribution in [-0.2, 0) is 20.9 Å². The van der Waals surface area contributed by atoms with E-state index >= 15 is 0 Å². The average Bonchev–Trinajstić information content (AvgIpc) is 2.72. The maximum atomic E-state index is 12.4. The number of carbonyl (C=O) groups is 3. The quantitative estimate of drug-likeness (QED) is 0.656. The number of para-hydroxylation sites is 1. The van der Waals surface area contributed by atoms with E-state index in [2.05, 4.69) is 5.32 Å². The molecule has 0 saturated heterocycles. The smallest absolute Gasteiger partial charge is 0.326 e. The lowest BCUT2D eigenvalue weighted by Gasteiger charge is -2.21. The molecule has 2 amide bonds. The van der Waals surface area contributed by atoms with E-state index in [0.29, 0.717) is 24.5 Å². The Kier molecular flexibility index (Phi) is 8.21. The van der Waals surface area contributed by atoms with Crippen molar-refractivity contribution in [1.82, 2.24) is 10.2 Å². The summed E-state index contributed by atoms with van der Waals surface area (Å²) in [6.07, 6.45) is -0.955. The molecule has 0 spiro atoms. The minimum absolute atomic E-state index is 0.324. The summed E-state index contributed by atoms with van der Waals surface area (Å²) in [4.78, 5) is 38.2. The van der Waals surface area contributed by atoms with Gasteiger partial charge in [0, 0.05) is 13.6 Å². The Balaban J connectivity index is 1.83. The molecule has 0 aromatic heterocycles. The van der Waals surface area contributed by atoms with Gasteiger partial charge < -0.3 is 19.7 Å². The lowest BCUT2D eigenvalue weighted by atomic mass is 10.2. The van der Waals surface area contributed by atoms with Crippen LogP contribution >= 0.6 is 0 Å². The van der Waals surface area contributed by atoms with Gasteiger partial charge in [-0.3, -0.25) is 14.4 Å². The van der Waals surface area contributed by atoms with Crippen LogP contribution in [-0.4, -0.2) is 49.0 Å². The summed E-state index contributed by atoms with van der Waals surface area (Å²) >= 11 is 0. The number of amides is 2. The van der Waals surface area contributed by atoms with E-state index in [-0.39, 0.29) is 12.5 Å². The fourth-order valence-electron chi connectivity index (χ4n) is 2.72. The van der Waals surface area contributed by atoms with Crippen molar-refractivity contribution in [3.8, 4) is 5.75 Å². The van der Waals surface area contributed by atoms with Crippen LogP contribution in [0, 0.1) is 0 Å². The molecule has 1 N–H and O–H groups in total. The fraction of sp³-hybridized carbons (Fsp3) is 0.318. The summed E-state index contributed by atoms with van der Waals surface area (Å²) in [7, 11) is 1.64. The van der Waals surface area contributed by atoms with Gasteiger partial charge in [0.25, 0.3) is 11.8 Å². The van der Waals surface area contributed by atoms with E-state index in [1.54, 1.807) is 31.3 Å². The minimum Gasteiger partial charge on any atom is -0.493 e. The van der Waals surface area contributed by atoms with Crippen LogP contribution in [0.15, 0.2) is 54.6 Å². The average molecular weight is 398 g/mol. The zero-order valence-corrected chi connectivity index (χ0v) is 16.9. The van der Waals surface area contributed by atoms with Crippen molar-refractivity contribution < 1.29 is 23.9 Å². The van der Waals surface area contributed by atoms with Crippen LogP contribution in [0.4, 0.5) is 0 Å². The number of carbonyl (C=O) groups excluding carboxylic acids is 3. The van der Waals surface area contributed by atoms with E-state index in [1.807, 2.05) is 37.3 Å². The van der Waals surface area contributed by atoms with Gasteiger partial charge in [0.05, 0.1) is 12.2 Å². The highest BCUT2D eigenvalue weighted by Gasteiger charge is 2.22. The molecule has 29 heavy (non-hydrogen) atoms. The van der Waals surface area contributed by atoms with E-state index < -0.39 is 18.0 Å². The predicted molar refractivity (Wildman–Crippen MR) is 108 cm³/mol. The maximum absolute atomic E-state index is 12.4. The van der Waals surface area contributed by atoms with Crippen LogP contribution in [0.2, 0.25) is 0 Å². The summed E-state index contributed by atoms with van der Waals surface area (Å²) in [5.74, 6) is -1.03. The van der Waals surface area contributed by atoms with Gasteiger partial charge in [0.15, 0.2) is 6.10 Å². The molecular formula is C22H26N2O5. The van der Waals surface area contributed by atoms with Gasteiger partial charge in [-0.1, -0.05) is 42.5 Å². The fourth-order valence-corrected chi connectivity index (χ4v) is 2.72. The standard InChI is InChI=1S/C22H26N2O5/c1-4-28-19-13-9-8-12-18(19)21(26)23-14-20(25)29-16(2)22(27)24(3)15-17-10-6-5-7-11-17/h5-13,16H,4,14-15H2,1-3H3,(H,23,26)/t16-/m1/s1. The maximum Gasteiger partial charge on any atom is 0.326 e. The van der Waals surface area contributed by atoms with Crippen LogP contribution in [0.1, 0.15) is 29.8 Å². The number of nitrogens with zero attached hydrogens (tertiary/aromatic N) is 1. The molecule has 0 radical (unpaired) electrons. The Morgan fingerprint density at radius 2 is 1.69 bits per heavy atom. The first kappa shape index (κ1) is 21.9. The number of esters is 1. The lowest BCUT2D eigenvalue weighted by Crippen LogP contribution is -2.39. The predicted octanol–water partition coefficient (Wildman–Crippen LogP) is 2.41. The highest BCUT2D eigenvalue weighted by Crippen LogP contribution is 2.17. The van der Waals surface area contributed by atoms with Crippen molar-refractivity contribution in [3.63, 3.8) is 0 Å². The van der Waals surface area contributed by atoms with E-state index in [1.165, 1.54) is 11.8 Å².